The van der Waals surface area contributed by atoms with Crippen molar-refractivity contribution in [3.05, 3.63) is 59.8 Å². The zero-order valence-corrected chi connectivity index (χ0v) is 11.3. The van der Waals surface area contributed by atoms with Crippen molar-refractivity contribution >= 4 is 22.3 Å². The molecule has 0 bridgehead atoms. The van der Waals surface area contributed by atoms with E-state index in [0.29, 0.717) is 5.92 Å². The van der Waals surface area contributed by atoms with Gasteiger partial charge in [-0.05, 0) is 29.7 Å². The molecule has 3 nitrogen and oxygen atoms in total. The molecule has 0 radical (unpaired) electrons. The standard InChI is InChI=1S/C17H15N3/c1-11-8-15(16-10-18-20-17(16)19-11)14-7-6-12-4-2-3-5-13(12)9-14/h2-7,9-10,15H,8H2,1H3,(H,18,20). The summed E-state index contributed by atoms with van der Waals surface area (Å²) >= 11 is 0. The van der Waals surface area contributed by atoms with Gasteiger partial charge in [0.2, 0.25) is 0 Å². The topological polar surface area (TPSA) is 41.0 Å². The summed E-state index contributed by atoms with van der Waals surface area (Å²) in [5.41, 5.74) is 3.69. The summed E-state index contributed by atoms with van der Waals surface area (Å²) < 4.78 is 0. The zero-order chi connectivity index (χ0) is 13.5. The zero-order valence-electron chi connectivity index (χ0n) is 11.3. The Morgan fingerprint density at radius 1 is 1.10 bits per heavy atom. The van der Waals surface area contributed by atoms with Crippen LogP contribution in [-0.4, -0.2) is 15.9 Å². The molecule has 0 saturated heterocycles. The fourth-order valence-electron chi connectivity index (χ4n) is 3.00. The maximum absolute atomic E-state index is 4.54. The van der Waals surface area contributed by atoms with Crippen LogP contribution in [0, 0.1) is 0 Å². The summed E-state index contributed by atoms with van der Waals surface area (Å²) in [5, 5.41) is 9.70. The number of aliphatic imine (C=N–C) groups is 1. The predicted molar refractivity (Wildman–Crippen MR) is 81.8 cm³/mol. The van der Waals surface area contributed by atoms with E-state index in [-0.39, 0.29) is 0 Å². The molecule has 1 N–H and O–H groups in total. The highest BCUT2D eigenvalue weighted by molar-refractivity contribution is 5.89. The van der Waals surface area contributed by atoms with Gasteiger partial charge in [0, 0.05) is 17.2 Å². The van der Waals surface area contributed by atoms with Crippen LogP contribution in [-0.2, 0) is 0 Å². The Morgan fingerprint density at radius 2 is 1.95 bits per heavy atom. The molecule has 0 saturated carbocycles. The molecular formula is C17H15N3. The average molecular weight is 261 g/mol. The van der Waals surface area contributed by atoms with Gasteiger partial charge in [-0.3, -0.25) is 5.10 Å². The summed E-state index contributed by atoms with van der Waals surface area (Å²) in [6, 6.07) is 15.2. The van der Waals surface area contributed by atoms with Crippen LogP contribution in [0.5, 0.6) is 0 Å². The Labute approximate surface area is 117 Å². The van der Waals surface area contributed by atoms with Crippen molar-refractivity contribution in [1.29, 1.82) is 0 Å². The average Bonchev–Trinajstić information content (AvgIpc) is 2.94. The molecule has 1 aliphatic rings. The third kappa shape index (κ3) is 1.74. The van der Waals surface area contributed by atoms with Gasteiger partial charge in [-0.25, -0.2) is 4.99 Å². The Hall–Kier alpha value is -2.42. The van der Waals surface area contributed by atoms with E-state index in [1.165, 1.54) is 21.9 Å². The number of rotatable bonds is 1. The smallest absolute Gasteiger partial charge is 0.151 e. The minimum absolute atomic E-state index is 0.353. The second kappa shape index (κ2) is 4.30. The van der Waals surface area contributed by atoms with Crippen LogP contribution in [0.2, 0.25) is 0 Å². The molecule has 1 aliphatic heterocycles. The first-order valence-electron chi connectivity index (χ1n) is 6.87. The van der Waals surface area contributed by atoms with Gasteiger partial charge in [-0.15, -0.1) is 0 Å². The quantitative estimate of drug-likeness (QED) is 0.701. The summed E-state index contributed by atoms with van der Waals surface area (Å²) in [6.07, 6.45) is 2.87. The number of benzene rings is 2. The van der Waals surface area contributed by atoms with Crippen LogP contribution in [0.1, 0.15) is 30.4 Å². The summed E-state index contributed by atoms with van der Waals surface area (Å²) in [7, 11) is 0. The Bertz CT molecular complexity index is 814. The normalized spacial score (nSPS) is 17.9. The minimum atomic E-state index is 0.353. The molecule has 3 heteroatoms. The Kier molecular flexibility index (Phi) is 2.46. The monoisotopic (exact) mass is 261 g/mol. The lowest BCUT2D eigenvalue weighted by atomic mass is 9.86. The molecule has 0 spiro atoms. The van der Waals surface area contributed by atoms with Gasteiger partial charge in [-0.2, -0.15) is 5.10 Å². The molecule has 0 aliphatic carbocycles. The van der Waals surface area contributed by atoms with E-state index in [9.17, 15) is 0 Å². The van der Waals surface area contributed by atoms with Crippen molar-refractivity contribution in [1.82, 2.24) is 10.2 Å². The van der Waals surface area contributed by atoms with Crippen molar-refractivity contribution < 1.29 is 0 Å². The first-order valence-corrected chi connectivity index (χ1v) is 6.87. The lowest BCUT2D eigenvalue weighted by molar-refractivity contribution is 0.839. The molecule has 1 unspecified atom stereocenters. The predicted octanol–water partition coefficient (Wildman–Crippen LogP) is 4.19. The molecule has 1 atom stereocenters. The lowest BCUT2D eigenvalue weighted by Crippen LogP contribution is -2.10. The highest BCUT2D eigenvalue weighted by Crippen LogP contribution is 2.38. The molecule has 98 valence electrons. The third-order valence-electron chi connectivity index (χ3n) is 4.00. The van der Waals surface area contributed by atoms with Crippen LogP contribution in [0.3, 0.4) is 0 Å². The van der Waals surface area contributed by atoms with Crippen LogP contribution in [0.15, 0.2) is 53.7 Å². The van der Waals surface area contributed by atoms with Crippen molar-refractivity contribution in [2.24, 2.45) is 4.99 Å². The molecular weight excluding hydrogens is 246 g/mol. The van der Waals surface area contributed by atoms with Gasteiger partial charge in [0.15, 0.2) is 5.82 Å². The highest BCUT2D eigenvalue weighted by Gasteiger charge is 2.24. The van der Waals surface area contributed by atoms with Crippen molar-refractivity contribution in [2.45, 2.75) is 19.3 Å². The number of hydrogen-bond donors (Lipinski definition) is 1. The number of aromatic nitrogens is 2. The first kappa shape index (κ1) is 11.4. The molecule has 4 rings (SSSR count). The van der Waals surface area contributed by atoms with E-state index in [0.717, 1.165) is 18.0 Å². The fraction of sp³-hybridized carbons (Fsp3) is 0.176. The van der Waals surface area contributed by atoms with E-state index in [4.69, 9.17) is 0 Å². The third-order valence-corrected chi connectivity index (χ3v) is 4.00. The van der Waals surface area contributed by atoms with E-state index >= 15 is 0 Å². The lowest BCUT2D eigenvalue weighted by Gasteiger charge is -2.21. The van der Waals surface area contributed by atoms with Gasteiger partial charge in [0.05, 0.1) is 6.20 Å². The number of nitrogens with zero attached hydrogens (tertiary/aromatic N) is 2. The molecule has 2 aromatic carbocycles. The molecule has 0 fully saturated rings. The van der Waals surface area contributed by atoms with Gasteiger partial charge in [0.25, 0.3) is 0 Å². The molecule has 20 heavy (non-hydrogen) atoms. The van der Waals surface area contributed by atoms with Crippen LogP contribution in [0.4, 0.5) is 5.82 Å². The SMILES string of the molecule is CC1=Nc2[nH]ncc2C(c2ccc3ccccc3c2)C1. The van der Waals surface area contributed by atoms with Crippen molar-refractivity contribution in [2.75, 3.05) is 0 Å². The van der Waals surface area contributed by atoms with E-state index in [1.807, 2.05) is 6.20 Å². The summed E-state index contributed by atoms with van der Waals surface area (Å²) in [6.45, 7) is 2.08. The molecule has 0 amide bonds. The summed E-state index contributed by atoms with van der Waals surface area (Å²) in [4.78, 5) is 4.54. The summed E-state index contributed by atoms with van der Waals surface area (Å²) in [5.74, 6) is 1.26. The molecule has 2 heterocycles. The minimum Gasteiger partial charge on any atom is -0.261 e. The second-order valence-electron chi connectivity index (χ2n) is 5.38. The number of aromatic amines is 1. The molecule has 3 aromatic rings. The fourth-order valence-corrected chi connectivity index (χ4v) is 3.00. The number of hydrogen-bond acceptors (Lipinski definition) is 2. The van der Waals surface area contributed by atoms with Crippen molar-refractivity contribution in [3.8, 4) is 0 Å². The molecule has 1 aromatic heterocycles. The largest absolute Gasteiger partial charge is 0.261 e. The van der Waals surface area contributed by atoms with E-state index in [2.05, 4.69) is 64.6 Å². The van der Waals surface area contributed by atoms with E-state index < -0.39 is 0 Å². The second-order valence-corrected chi connectivity index (χ2v) is 5.38. The number of fused-ring (bicyclic) bond motifs is 2. The maximum atomic E-state index is 4.54. The van der Waals surface area contributed by atoms with Gasteiger partial charge in [-0.1, -0.05) is 42.5 Å². The number of nitrogens with one attached hydrogen (secondary N) is 1. The Morgan fingerprint density at radius 3 is 2.85 bits per heavy atom. The van der Waals surface area contributed by atoms with Gasteiger partial charge < -0.3 is 0 Å². The van der Waals surface area contributed by atoms with Crippen LogP contribution >= 0.6 is 0 Å². The van der Waals surface area contributed by atoms with Gasteiger partial charge >= 0.3 is 0 Å². The van der Waals surface area contributed by atoms with Crippen LogP contribution < -0.4 is 0 Å². The van der Waals surface area contributed by atoms with Crippen molar-refractivity contribution in [3.63, 3.8) is 0 Å². The number of H-pyrrole nitrogens is 1. The van der Waals surface area contributed by atoms with Crippen LogP contribution in [0.25, 0.3) is 10.8 Å². The van der Waals surface area contributed by atoms with E-state index in [1.54, 1.807) is 0 Å². The van der Waals surface area contributed by atoms with Gasteiger partial charge in [0.1, 0.15) is 0 Å². The maximum Gasteiger partial charge on any atom is 0.151 e. The first-order chi connectivity index (χ1) is 9.81. The highest BCUT2D eigenvalue weighted by atomic mass is 15.2. The Balaban J connectivity index is 1.85.